The van der Waals surface area contributed by atoms with Crippen molar-refractivity contribution in [2.45, 2.75) is 25.0 Å². The van der Waals surface area contributed by atoms with Crippen LogP contribution in [0.4, 0.5) is 4.79 Å². The predicted molar refractivity (Wildman–Crippen MR) is 57.3 cm³/mol. The molecule has 0 aliphatic carbocycles. The summed E-state index contributed by atoms with van der Waals surface area (Å²) in [6.45, 7) is 5.38. The molecule has 0 aromatic rings. The van der Waals surface area contributed by atoms with Crippen molar-refractivity contribution >= 4 is 23.7 Å². The molecule has 80 valence electrons. The Hall–Kier alpha value is -0.710. The summed E-state index contributed by atoms with van der Waals surface area (Å²) in [6, 6.07) is -0.261. The average Bonchev–Trinajstić information content (AvgIpc) is 2.10. The largest absolute Gasteiger partial charge is 0.324 e. The van der Waals surface area contributed by atoms with Crippen molar-refractivity contribution in [3.8, 4) is 0 Å². The van der Waals surface area contributed by atoms with Gasteiger partial charge in [0.15, 0.2) is 0 Å². The molecule has 0 bridgehead atoms. The van der Waals surface area contributed by atoms with Gasteiger partial charge in [0.1, 0.15) is 0 Å². The summed E-state index contributed by atoms with van der Waals surface area (Å²) >= 11 is 1.72. The molecule has 0 radical (unpaired) electrons. The Morgan fingerprint density at radius 2 is 2.14 bits per heavy atom. The Morgan fingerprint density at radius 3 is 2.64 bits per heavy atom. The molecule has 5 heteroatoms. The zero-order chi connectivity index (χ0) is 10.8. The van der Waals surface area contributed by atoms with Gasteiger partial charge >= 0.3 is 6.03 Å². The van der Waals surface area contributed by atoms with E-state index in [1.165, 1.54) is 0 Å². The Labute approximate surface area is 88.4 Å². The van der Waals surface area contributed by atoms with Crippen molar-refractivity contribution in [2.24, 2.45) is 0 Å². The lowest BCUT2D eigenvalue weighted by Gasteiger charge is -2.33. The first-order valence-electron chi connectivity index (χ1n) is 4.58. The van der Waals surface area contributed by atoms with Crippen LogP contribution in [0.25, 0.3) is 0 Å². The number of carbonyl (C=O) groups is 2. The van der Waals surface area contributed by atoms with E-state index in [-0.39, 0.29) is 16.7 Å². The van der Waals surface area contributed by atoms with E-state index in [9.17, 15) is 9.59 Å². The minimum absolute atomic E-state index is 0.0394. The number of imide groups is 1. The lowest BCUT2D eigenvalue weighted by atomic mass is 10.2. The van der Waals surface area contributed by atoms with Crippen LogP contribution in [0.5, 0.6) is 0 Å². The highest BCUT2D eigenvalue weighted by atomic mass is 32.2. The van der Waals surface area contributed by atoms with Crippen molar-refractivity contribution in [1.29, 1.82) is 0 Å². The van der Waals surface area contributed by atoms with Gasteiger partial charge in [0.25, 0.3) is 0 Å². The molecule has 0 atom stereocenters. The number of nitrogens with zero attached hydrogens (tertiary/aromatic N) is 1. The molecule has 1 heterocycles. The Balaban J connectivity index is 2.53. The molecule has 14 heavy (non-hydrogen) atoms. The van der Waals surface area contributed by atoms with Gasteiger partial charge in [0.05, 0.1) is 0 Å². The van der Waals surface area contributed by atoms with Crippen LogP contribution in [0.2, 0.25) is 0 Å². The number of hydrogen-bond acceptors (Lipinski definition) is 3. The SMILES string of the molecule is CSC(C)(C)CN1CCC(=O)NC1=O. The van der Waals surface area contributed by atoms with Gasteiger partial charge in [-0.25, -0.2) is 4.79 Å². The minimum atomic E-state index is -0.261. The van der Waals surface area contributed by atoms with Crippen molar-refractivity contribution in [3.05, 3.63) is 0 Å². The molecule has 4 nitrogen and oxygen atoms in total. The van der Waals surface area contributed by atoms with Crippen LogP contribution < -0.4 is 5.32 Å². The topological polar surface area (TPSA) is 49.4 Å². The van der Waals surface area contributed by atoms with Crippen LogP contribution >= 0.6 is 11.8 Å². The highest BCUT2D eigenvalue weighted by Gasteiger charge is 2.28. The number of urea groups is 1. The summed E-state index contributed by atoms with van der Waals surface area (Å²) in [7, 11) is 0. The van der Waals surface area contributed by atoms with E-state index in [0.717, 1.165) is 0 Å². The second kappa shape index (κ2) is 4.21. The quantitative estimate of drug-likeness (QED) is 0.767. The first kappa shape index (κ1) is 11.4. The van der Waals surface area contributed by atoms with Gasteiger partial charge in [0.2, 0.25) is 5.91 Å². The first-order chi connectivity index (χ1) is 6.44. The molecular weight excluding hydrogens is 200 g/mol. The second-order valence-corrected chi connectivity index (χ2v) is 5.50. The van der Waals surface area contributed by atoms with E-state index in [4.69, 9.17) is 0 Å². The third-order valence-corrected chi connectivity index (χ3v) is 3.50. The molecule has 0 unspecified atom stereocenters. The fraction of sp³-hybridized carbons (Fsp3) is 0.778. The number of nitrogens with one attached hydrogen (secondary N) is 1. The van der Waals surface area contributed by atoms with Crippen LogP contribution in [0.1, 0.15) is 20.3 Å². The number of thioether (sulfide) groups is 1. The molecule has 1 N–H and O–H groups in total. The minimum Gasteiger partial charge on any atom is -0.323 e. The van der Waals surface area contributed by atoms with E-state index < -0.39 is 0 Å². The maximum Gasteiger partial charge on any atom is 0.324 e. The fourth-order valence-electron chi connectivity index (χ4n) is 1.27. The molecule has 1 fully saturated rings. The van der Waals surface area contributed by atoms with Crippen LogP contribution in [0, 0.1) is 0 Å². The molecule has 3 amide bonds. The molecule has 0 spiro atoms. The normalized spacial score (nSPS) is 18.4. The van der Waals surface area contributed by atoms with Crippen molar-refractivity contribution in [2.75, 3.05) is 19.3 Å². The summed E-state index contributed by atoms with van der Waals surface area (Å²) in [5, 5.41) is 2.31. The first-order valence-corrected chi connectivity index (χ1v) is 5.81. The standard InChI is InChI=1S/C9H16N2O2S/c1-9(2,14-3)6-11-5-4-7(12)10-8(11)13/h4-6H2,1-3H3,(H,10,12,13). The van der Waals surface area contributed by atoms with E-state index >= 15 is 0 Å². The average molecular weight is 216 g/mol. The molecule has 0 saturated carbocycles. The summed E-state index contributed by atoms with van der Waals surface area (Å²) in [6.07, 6.45) is 2.43. The van der Waals surface area contributed by atoms with E-state index in [0.29, 0.717) is 19.5 Å². The summed E-state index contributed by atoms with van der Waals surface area (Å²) in [5.74, 6) is -0.173. The highest BCUT2D eigenvalue weighted by Crippen LogP contribution is 2.23. The summed E-state index contributed by atoms with van der Waals surface area (Å²) in [5.41, 5.74) is 0. The molecule has 0 aromatic carbocycles. The molecule has 1 aliphatic heterocycles. The van der Waals surface area contributed by atoms with E-state index in [2.05, 4.69) is 19.2 Å². The molecule has 1 rings (SSSR count). The van der Waals surface area contributed by atoms with Gasteiger partial charge in [0, 0.05) is 24.3 Å². The number of carbonyl (C=O) groups excluding carboxylic acids is 2. The van der Waals surface area contributed by atoms with Gasteiger partial charge in [-0.15, -0.1) is 0 Å². The molecule has 1 aliphatic rings. The van der Waals surface area contributed by atoms with Crippen LogP contribution in [0.3, 0.4) is 0 Å². The van der Waals surface area contributed by atoms with E-state index in [1.54, 1.807) is 16.7 Å². The van der Waals surface area contributed by atoms with Gasteiger partial charge in [-0.1, -0.05) is 0 Å². The van der Waals surface area contributed by atoms with Crippen molar-refractivity contribution in [1.82, 2.24) is 10.2 Å². The zero-order valence-electron chi connectivity index (χ0n) is 8.79. The fourth-order valence-corrected chi connectivity index (χ4v) is 1.56. The third kappa shape index (κ3) is 2.90. The Bertz CT molecular complexity index is 253. The maximum absolute atomic E-state index is 11.4. The maximum atomic E-state index is 11.4. The predicted octanol–water partition coefficient (Wildman–Crippen LogP) is 1.07. The smallest absolute Gasteiger partial charge is 0.323 e. The van der Waals surface area contributed by atoms with Gasteiger partial charge in [-0.2, -0.15) is 11.8 Å². The van der Waals surface area contributed by atoms with Crippen LogP contribution in [-0.4, -0.2) is 40.9 Å². The van der Waals surface area contributed by atoms with Crippen molar-refractivity contribution < 1.29 is 9.59 Å². The lowest BCUT2D eigenvalue weighted by Crippen LogP contribution is -2.52. The lowest BCUT2D eigenvalue weighted by molar-refractivity contribution is -0.121. The molecule has 1 saturated heterocycles. The highest BCUT2D eigenvalue weighted by molar-refractivity contribution is 7.99. The van der Waals surface area contributed by atoms with Gasteiger partial charge in [-0.3, -0.25) is 10.1 Å². The molecule has 0 aromatic heterocycles. The van der Waals surface area contributed by atoms with Crippen LogP contribution in [0.15, 0.2) is 0 Å². The summed E-state index contributed by atoms with van der Waals surface area (Å²) in [4.78, 5) is 24.0. The van der Waals surface area contributed by atoms with Gasteiger partial charge in [-0.05, 0) is 20.1 Å². The van der Waals surface area contributed by atoms with Gasteiger partial charge < -0.3 is 4.90 Å². The Morgan fingerprint density at radius 1 is 1.50 bits per heavy atom. The third-order valence-electron chi connectivity index (χ3n) is 2.27. The monoisotopic (exact) mass is 216 g/mol. The zero-order valence-corrected chi connectivity index (χ0v) is 9.61. The summed E-state index contributed by atoms with van der Waals surface area (Å²) < 4.78 is 0.0394. The number of amides is 3. The van der Waals surface area contributed by atoms with E-state index in [1.807, 2.05) is 6.26 Å². The van der Waals surface area contributed by atoms with Crippen molar-refractivity contribution in [3.63, 3.8) is 0 Å². The Kier molecular flexibility index (Phi) is 3.42. The number of rotatable bonds is 3. The second-order valence-electron chi connectivity index (χ2n) is 3.99. The van der Waals surface area contributed by atoms with Crippen LogP contribution in [-0.2, 0) is 4.79 Å². The molecular formula is C9H16N2O2S. The number of hydrogen-bond donors (Lipinski definition) is 1.